The monoisotopic (exact) mass is 437 g/mol. The smallest absolute Gasteiger partial charge is 0.161 e. The highest BCUT2D eigenvalue weighted by Gasteiger charge is 2.46. The molecule has 176 valence electrons. The molecule has 0 aromatic heterocycles. The molecule has 0 amide bonds. The van der Waals surface area contributed by atoms with E-state index in [2.05, 4.69) is 58.9 Å². The van der Waals surface area contributed by atoms with Crippen molar-refractivity contribution in [2.24, 2.45) is 11.8 Å². The Balaban J connectivity index is 1.89. The third kappa shape index (κ3) is 6.79. The third-order valence-corrected chi connectivity index (χ3v) is 7.39. The van der Waals surface area contributed by atoms with Gasteiger partial charge in [0.15, 0.2) is 11.4 Å². The van der Waals surface area contributed by atoms with Crippen molar-refractivity contribution in [2.75, 3.05) is 0 Å². The van der Waals surface area contributed by atoms with Crippen molar-refractivity contribution in [3.8, 4) is 6.07 Å². The van der Waals surface area contributed by atoms with Gasteiger partial charge in [0.1, 0.15) is 0 Å². The van der Waals surface area contributed by atoms with E-state index >= 15 is 0 Å². The number of ketones is 1. The molecule has 0 saturated carbocycles. The summed E-state index contributed by atoms with van der Waals surface area (Å²) < 4.78 is 6.46. The summed E-state index contributed by atoms with van der Waals surface area (Å²) in [6.45, 7) is 14.7. The lowest BCUT2D eigenvalue weighted by atomic mass is 9.71. The van der Waals surface area contributed by atoms with Crippen LogP contribution in [0.1, 0.15) is 99.8 Å². The number of Topliss-reactive ketones (excluding diaryl/α,β-unsaturated/α-hetero) is 1. The summed E-state index contributed by atoms with van der Waals surface area (Å²) in [5, 5.41) is 9.98. The van der Waals surface area contributed by atoms with Crippen molar-refractivity contribution in [3.05, 3.63) is 46.1 Å². The summed E-state index contributed by atoms with van der Waals surface area (Å²) in [6.07, 6.45) is 14.3. The van der Waals surface area contributed by atoms with Crippen LogP contribution in [0.3, 0.4) is 0 Å². The molecule has 1 aliphatic heterocycles. The van der Waals surface area contributed by atoms with Crippen LogP contribution in [0.15, 0.2) is 46.1 Å². The van der Waals surface area contributed by atoms with E-state index < -0.39 is 5.60 Å². The van der Waals surface area contributed by atoms with Gasteiger partial charge in [0.2, 0.25) is 0 Å². The van der Waals surface area contributed by atoms with Crippen LogP contribution in [0.5, 0.6) is 0 Å². The lowest BCUT2D eigenvalue weighted by Crippen LogP contribution is -2.48. The maximum absolute atomic E-state index is 12.5. The second-order valence-corrected chi connectivity index (χ2v) is 10.3. The van der Waals surface area contributed by atoms with Crippen LogP contribution in [-0.4, -0.2) is 17.5 Å². The van der Waals surface area contributed by atoms with Gasteiger partial charge in [-0.2, -0.15) is 5.26 Å². The molecule has 4 atom stereocenters. The van der Waals surface area contributed by atoms with Crippen LogP contribution in [0.4, 0.5) is 0 Å². The number of fused-ring (bicyclic) bond motifs is 1. The van der Waals surface area contributed by atoms with E-state index in [1.165, 1.54) is 16.7 Å². The summed E-state index contributed by atoms with van der Waals surface area (Å²) in [5.74, 6) is 0.328. The first-order chi connectivity index (χ1) is 15.1. The fraction of sp³-hybridized carbons (Fsp3) is 0.655. The van der Waals surface area contributed by atoms with Crippen molar-refractivity contribution < 1.29 is 9.53 Å². The third-order valence-electron chi connectivity index (χ3n) is 7.39. The fourth-order valence-corrected chi connectivity index (χ4v) is 4.89. The van der Waals surface area contributed by atoms with E-state index in [1.807, 2.05) is 13.8 Å². The number of allylic oxidation sites excluding steroid dienone is 7. The predicted molar refractivity (Wildman–Crippen MR) is 133 cm³/mol. The molecule has 0 aromatic carbocycles. The average molecular weight is 438 g/mol. The number of nitrogens with zero attached hydrogens (tertiary/aromatic N) is 1. The Hall–Kier alpha value is -1.92. The van der Waals surface area contributed by atoms with Gasteiger partial charge < -0.3 is 4.74 Å². The maximum atomic E-state index is 12.5. The zero-order valence-corrected chi connectivity index (χ0v) is 21.4. The van der Waals surface area contributed by atoms with Gasteiger partial charge in [-0.1, -0.05) is 48.8 Å². The summed E-state index contributed by atoms with van der Waals surface area (Å²) in [5.41, 5.74) is 5.49. The van der Waals surface area contributed by atoms with Crippen molar-refractivity contribution in [3.63, 3.8) is 0 Å². The van der Waals surface area contributed by atoms with Crippen LogP contribution in [-0.2, 0) is 9.53 Å². The molecule has 32 heavy (non-hydrogen) atoms. The summed E-state index contributed by atoms with van der Waals surface area (Å²) >= 11 is 0. The van der Waals surface area contributed by atoms with Crippen LogP contribution in [0.2, 0.25) is 0 Å². The zero-order chi connectivity index (χ0) is 23.9. The molecule has 1 fully saturated rings. The molecule has 1 saturated heterocycles. The van der Waals surface area contributed by atoms with Crippen LogP contribution in [0, 0.1) is 23.2 Å². The molecule has 0 bridgehead atoms. The van der Waals surface area contributed by atoms with Crippen LogP contribution >= 0.6 is 0 Å². The van der Waals surface area contributed by atoms with Gasteiger partial charge in [0.05, 0.1) is 12.2 Å². The molecule has 0 N–H and O–H groups in total. The first kappa shape index (κ1) is 26.3. The fourth-order valence-electron chi connectivity index (χ4n) is 4.89. The largest absolute Gasteiger partial charge is 0.352 e. The molecule has 0 aromatic rings. The van der Waals surface area contributed by atoms with Gasteiger partial charge in [0, 0.05) is 5.92 Å². The Kier molecular flexibility index (Phi) is 9.71. The molecule has 2 aliphatic rings. The van der Waals surface area contributed by atoms with Gasteiger partial charge in [-0.15, -0.1) is 0 Å². The highest BCUT2D eigenvalue weighted by Crippen LogP contribution is 2.44. The van der Waals surface area contributed by atoms with E-state index in [0.717, 1.165) is 56.1 Å². The lowest BCUT2D eigenvalue weighted by molar-refractivity contribution is -0.132. The highest BCUT2D eigenvalue weighted by atomic mass is 16.5. The maximum Gasteiger partial charge on any atom is 0.161 e. The van der Waals surface area contributed by atoms with E-state index in [9.17, 15) is 10.1 Å². The Morgan fingerprint density at radius 1 is 1.06 bits per heavy atom. The van der Waals surface area contributed by atoms with Crippen LogP contribution < -0.4 is 0 Å². The predicted octanol–water partition coefficient (Wildman–Crippen LogP) is 7.80. The van der Waals surface area contributed by atoms with Crippen molar-refractivity contribution in [1.29, 1.82) is 5.26 Å². The minimum absolute atomic E-state index is 0.0427. The molecule has 0 radical (unpaired) electrons. The molecule has 3 heteroatoms. The van der Waals surface area contributed by atoms with Gasteiger partial charge in [0.25, 0.3) is 0 Å². The highest BCUT2D eigenvalue weighted by molar-refractivity contribution is 5.98. The van der Waals surface area contributed by atoms with E-state index in [1.54, 1.807) is 0 Å². The number of carbonyl (C=O) groups excluding carboxylic acids is 1. The summed E-state index contributed by atoms with van der Waals surface area (Å²) in [7, 11) is 0. The van der Waals surface area contributed by atoms with E-state index in [0.29, 0.717) is 6.42 Å². The number of rotatable bonds is 9. The topological polar surface area (TPSA) is 50.1 Å². The molecule has 4 unspecified atom stereocenters. The molecule has 1 aliphatic carbocycles. The van der Waals surface area contributed by atoms with Crippen molar-refractivity contribution in [1.82, 2.24) is 0 Å². The minimum atomic E-state index is -0.735. The number of hydrogen-bond acceptors (Lipinski definition) is 3. The molecule has 3 nitrogen and oxygen atoms in total. The summed E-state index contributed by atoms with van der Waals surface area (Å²) in [4.78, 5) is 12.5. The second-order valence-electron chi connectivity index (χ2n) is 10.3. The normalized spacial score (nSPS) is 28.9. The van der Waals surface area contributed by atoms with Gasteiger partial charge in [-0.3, -0.25) is 4.79 Å². The van der Waals surface area contributed by atoms with Gasteiger partial charge in [-0.25, -0.2) is 0 Å². The van der Waals surface area contributed by atoms with Gasteiger partial charge >= 0.3 is 0 Å². The zero-order valence-electron chi connectivity index (χ0n) is 21.4. The summed E-state index contributed by atoms with van der Waals surface area (Å²) in [6, 6.07) is 2.50. The van der Waals surface area contributed by atoms with Crippen molar-refractivity contribution >= 4 is 5.78 Å². The Labute approximate surface area is 196 Å². The van der Waals surface area contributed by atoms with E-state index in [-0.39, 0.29) is 23.7 Å². The molecule has 0 spiro atoms. The standard InChI is InChI=1S/C29H43NO2/c1-20(2)11-8-12-21(3)13-9-14-22(4)15-10-17-29(19-30)18-16-26-25(7)27(31)23(5)24(6)28(26)32-29/h11,13,15,23-24,28H,8-10,12,14,16-18H2,1-7H3/b21-13+,22-15+. The molecule has 2 rings (SSSR count). The van der Waals surface area contributed by atoms with Gasteiger partial charge in [-0.05, 0) is 103 Å². The number of nitriles is 1. The number of ether oxygens (including phenoxy) is 1. The second kappa shape index (κ2) is 11.8. The first-order valence-electron chi connectivity index (χ1n) is 12.4. The SMILES string of the molecule is CC(C)=CCC/C(C)=C/CC/C(C)=C/CCC1(C#N)CCC2=C(C)C(=O)C(C)C(C)C2O1. The minimum Gasteiger partial charge on any atom is -0.352 e. The Bertz CT molecular complexity index is 847. The Morgan fingerprint density at radius 2 is 1.66 bits per heavy atom. The number of hydrogen-bond donors (Lipinski definition) is 0. The number of carbonyl (C=O) groups is 1. The van der Waals surface area contributed by atoms with E-state index in [4.69, 9.17) is 4.74 Å². The van der Waals surface area contributed by atoms with Crippen molar-refractivity contribution in [2.45, 2.75) is 112 Å². The quantitative estimate of drug-likeness (QED) is 0.346. The Morgan fingerprint density at radius 3 is 2.25 bits per heavy atom. The lowest BCUT2D eigenvalue weighted by Gasteiger charge is -2.45. The molecule has 1 heterocycles. The van der Waals surface area contributed by atoms with Crippen LogP contribution in [0.25, 0.3) is 0 Å². The molecular weight excluding hydrogens is 394 g/mol. The molecular formula is C29H43NO2. The average Bonchev–Trinajstić information content (AvgIpc) is 2.75. The first-order valence-corrected chi connectivity index (χ1v) is 12.4.